The molecule has 0 spiro atoms. The molecule has 3 rings (SSSR count). The van der Waals surface area contributed by atoms with Crippen LogP contribution in [0.4, 0.5) is 8.78 Å². The molecule has 0 saturated heterocycles. The number of halogens is 2. The second-order valence-corrected chi connectivity index (χ2v) is 5.04. The topological polar surface area (TPSA) is 17.1 Å². The number of rotatable bonds is 2. The van der Waals surface area contributed by atoms with E-state index in [1.54, 1.807) is 5.38 Å². The van der Waals surface area contributed by atoms with Crippen molar-refractivity contribution in [3.05, 3.63) is 70.6 Å². The van der Waals surface area contributed by atoms with Crippen LogP contribution in [-0.2, 0) is 0 Å². The second-order valence-electron chi connectivity index (χ2n) is 4.13. The van der Waals surface area contributed by atoms with Crippen LogP contribution in [0.25, 0.3) is 10.1 Å². The quantitative estimate of drug-likeness (QED) is 0.633. The van der Waals surface area contributed by atoms with Crippen molar-refractivity contribution < 1.29 is 13.6 Å². The summed E-state index contributed by atoms with van der Waals surface area (Å²) in [6.07, 6.45) is 0. The maximum absolute atomic E-state index is 13.2. The van der Waals surface area contributed by atoms with E-state index in [1.165, 1.54) is 11.3 Å². The normalized spacial score (nSPS) is 10.8. The Morgan fingerprint density at radius 2 is 1.68 bits per heavy atom. The summed E-state index contributed by atoms with van der Waals surface area (Å²) in [6.45, 7) is 0. The van der Waals surface area contributed by atoms with Gasteiger partial charge in [-0.15, -0.1) is 11.3 Å². The van der Waals surface area contributed by atoms with Crippen molar-refractivity contribution in [2.24, 2.45) is 0 Å². The lowest BCUT2D eigenvalue weighted by Crippen LogP contribution is -2.01. The lowest BCUT2D eigenvalue weighted by Gasteiger charge is -2.01. The third kappa shape index (κ3) is 2.15. The molecule has 1 nitrogen and oxygen atoms in total. The molecule has 19 heavy (non-hydrogen) atoms. The molecule has 0 N–H and O–H groups in total. The minimum Gasteiger partial charge on any atom is -0.289 e. The molecule has 0 fully saturated rings. The van der Waals surface area contributed by atoms with Crippen LogP contribution in [0.1, 0.15) is 15.9 Å². The van der Waals surface area contributed by atoms with Gasteiger partial charge < -0.3 is 0 Å². The molecule has 0 saturated carbocycles. The average Bonchev–Trinajstić information content (AvgIpc) is 2.80. The molecule has 0 unspecified atom stereocenters. The van der Waals surface area contributed by atoms with Crippen molar-refractivity contribution in [3.63, 3.8) is 0 Å². The first-order valence-corrected chi connectivity index (χ1v) is 6.50. The SMILES string of the molecule is O=C(c1cc(F)cc(F)c1)c1csc2ccccc12. The fourth-order valence-electron chi connectivity index (χ4n) is 1.99. The van der Waals surface area contributed by atoms with Gasteiger partial charge in [0.2, 0.25) is 0 Å². The molecule has 0 radical (unpaired) electrons. The van der Waals surface area contributed by atoms with Gasteiger partial charge in [0.05, 0.1) is 0 Å². The van der Waals surface area contributed by atoms with Crippen LogP contribution < -0.4 is 0 Å². The van der Waals surface area contributed by atoms with Gasteiger partial charge in [0, 0.05) is 32.7 Å². The van der Waals surface area contributed by atoms with Gasteiger partial charge in [-0.2, -0.15) is 0 Å². The molecule has 0 amide bonds. The first-order chi connectivity index (χ1) is 9.15. The van der Waals surface area contributed by atoms with Crippen molar-refractivity contribution in [2.75, 3.05) is 0 Å². The number of thiophene rings is 1. The second kappa shape index (κ2) is 4.55. The highest BCUT2D eigenvalue weighted by Crippen LogP contribution is 2.27. The van der Waals surface area contributed by atoms with E-state index < -0.39 is 11.6 Å². The summed E-state index contributed by atoms with van der Waals surface area (Å²) in [5.41, 5.74) is 0.506. The Bertz CT molecular complexity index is 756. The number of ketones is 1. The molecule has 0 aliphatic carbocycles. The average molecular weight is 274 g/mol. The van der Waals surface area contributed by atoms with Crippen LogP contribution in [0, 0.1) is 11.6 Å². The van der Waals surface area contributed by atoms with Crippen LogP contribution in [0.5, 0.6) is 0 Å². The lowest BCUT2D eigenvalue weighted by atomic mass is 10.0. The monoisotopic (exact) mass is 274 g/mol. The minimum absolute atomic E-state index is 0.0288. The minimum atomic E-state index is -0.747. The summed E-state index contributed by atoms with van der Waals surface area (Å²) in [5.74, 6) is -1.86. The van der Waals surface area contributed by atoms with Crippen LogP contribution in [0.2, 0.25) is 0 Å². The number of carbonyl (C=O) groups excluding carboxylic acids is 1. The van der Waals surface area contributed by atoms with Crippen molar-refractivity contribution in [1.29, 1.82) is 0 Å². The van der Waals surface area contributed by atoms with E-state index in [4.69, 9.17) is 0 Å². The Kier molecular flexibility index (Phi) is 2.87. The largest absolute Gasteiger partial charge is 0.289 e. The summed E-state index contributed by atoms with van der Waals surface area (Å²) < 4.78 is 27.3. The van der Waals surface area contributed by atoms with E-state index in [1.807, 2.05) is 24.3 Å². The van der Waals surface area contributed by atoms with Crippen LogP contribution >= 0.6 is 11.3 Å². The maximum atomic E-state index is 13.2. The molecule has 94 valence electrons. The van der Waals surface area contributed by atoms with E-state index in [0.29, 0.717) is 5.56 Å². The van der Waals surface area contributed by atoms with Crippen molar-refractivity contribution in [2.45, 2.75) is 0 Å². The molecule has 0 aliphatic rings. The third-order valence-corrected chi connectivity index (χ3v) is 3.81. The van der Waals surface area contributed by atoms with E-state index in [9.17, 15) is 13.6 Å². The summed E-state index contributed by atoms with van der Waals surface area (Å²) in [4.78, 5) is 12.3. The molecule has 3 aromatic rings. The molecule has 4 heteroatoms. The number of benzene rings is 2. The Morgan fingerprint density at radius 1 is 1.00 bits per heavy atom. The highest BCUT2D eigenvalue weighted by molar-refractivity contribution is 7.17. The van der Waals surface area contributed by atoms with Gasteiger partial charge in [-0.1, -0.05) is 18.2 Å². The van der Waals surface area contributed by atoms with Gasteiger partial charge in [-0.25, -0.2) is 8.78 Å². The van der Waals surface area contributed by atoms with Crippen LogP contribution in [0.3, 0.4) is 0 Å². The van der Waals surface area contributed by atoms with E-state index in [-0.39, 0.29) is 11.3 Å². The fourth-order valence-corrected chi connectivity index (χ4v) is 2.93. The smallest absolute Gasteiger partial charge is 0.194 e. The molecule has 1 heterocycles. The van der Waals surface area contributed by atoms with Crippen molar-refractivity contribution in [1.82, 2.24) is 0 Å². The molecule has 0 aliphatic heterocycles. The third-order valence-electron chi connectivity index (χ3n) is 2.85. The number of carbonyl (C=O) groups is 1. The van der Waals surface area contributed by atoms with Gasteiger partial charge >= 0.3 is 0 Å². The predicted molar refractivity (Wildman–Crippen MR) is 71.6 cm³/mol. The Hall–Kier alpha value is -2.07. The molecular formula is C15H8F2OS. The number of fused-ring (bicyclic) bond motifs is 1. The number of hydrogen-bond acceptors (Lipinski definition) is 2. The molecule has 0 atom stereocenters. The summed E-state index contributed by atoms with van der Waals surface area (Å²) in [7, 11) is 0. The molecular weight excluding hydrogens is 266 g/mol. The number of hydrogen-bond donors (Lipinski definition) is 0. The van der Waals surface area contributed by atoms with Gasteiger partial charge in [0.25, 0.3) is 0 Å². The molecule has 0 bridgehead atoms. The lowest BCUT2D eigenvalue weighted by molar-refractivity contribution is 0.103. The fraction of sp³-hybridized carbons (Fsp3) is 0. The Balaban J connectivity index is 2.13. The summed E-state index contributed by atoms with van der Waals surface area (Å²) in [6, 6.07) is 10.3. The molecule has 1 aromatic heterocycles. The zero-order chi connectivity index (χ0) is 13.4. The zero-order valence-corrected chi connectivity index (χ0v) is 10.5. The van der Waals surface area contributed by atoms with E-state index in [0.717, 1.165) is 28.3 Å². The predicted octanol–water partition coefficient (Wildman–Crippen LogP) is 4.41. The molecule has 2 aromatic carbocycles. The van der Waals surface area contributed by atoms with Crippen LogP contribution in [0.15, 0.2) is 47.8 Å². The van der Waals surface area contributed by atoms with Gasteiger partial charge in [-0.05, 0) is 18.2 Å². The highest BCUT2D eigenvalue weighted by Gasteiger charge is 2.15. The Morgan fingerprint density at radius 3 is 2.42 bits per heavy atom. The van der Waals surface area contributed by atoms with Gasteiger partial charge in [0.1, 0.15) is 11.6 Å². The first kappa shape index (κ1) is 12.0. The van der Waals surface area contributed by atoms with Crippen molar-refractivity contribution >= 4 is 27.2 Å². The maximum Gasteiger partial charge on any atom is 0.194 e. The van der Waals surface area contributed by atoms with E-state index >= 15 is 0 Å². The summed E-state index contributed by atoms with van der Waals surface area (Å²) >= 11 is 1.44. The van der Waals surface area contributed by atoms with Crippen molar-refractivity contribution in [3.8, 4) is 0 Å². The first-order valence-electron chi connectivity index (χ1n) is 5.62. The highest BCUT2D eigenvalue weighted by atomic mass is 32.1. The zero-order valence-electron chi connectivity index (χ0n) is 9.69. The standard InChI is InChI=1S/C15H8F2OS/c16-10-5-9(6-11(17)7-10)15(18)13-8-19-14-4-2-1-3-12(13)14/h1-8H. The Labute approximate surface area is 112 Å². The summed E-state index contributed by atoms with van der Waals surface area (Å²) in [5, 5.41) is 2.53. The van der Waals surface area contributed by atoms with Gasteiger partial charge in [0.15, 0.2) is 5.78 Å². The van der Waals surface area contributed by atoms with Gasteiger partial charge in [-0.3, -0.25) is 4.79 Å². The van der Waals surface area contributed by atoms with Crippen LogP contribution in [-0.4, -0.2) is 5.78 Å². The van der Waals surface area contributed by atoms with E-state index in [2.05, 4.69) is 0 Å².